The van der Waals surface area contributed by atoms with Crippen molar-refractivity contribution in [3.05, 3.63) is 60.0 Å². The van der Waals surface area contributed by atoms with Gasteiger partial charge in [0, 0.05) is 25.3 Å². The van der Waals surface area contributed by atoms with E-state index in [1.165, 1.54) is 0 Å². The highest BCUT2D eigenvalue weighted by molar-refractivity contribution is 5.90. The highest BCUT2D eigenvalue weighted by Gasteiger charge is 2.20. The molecule has 0 saturated heterocycles. The van der Waals surface area contributed by atoms with Crippen LogP contribution in [0.2, 0.25) is 0 Å². The van der Waals surface area contributed by atoms with Gasteiger partial charge in [-0.15, -0.1) is 10.2 Å². The van der Waals surface area contributed by atoms with Crippen LogP contribution < -0.4 is 9.64 Å². The van der Waals surface area contributed by atoms with Crippen LogP contribution >= 0.6 is 0 Å². The Labute approximate surface area is 157 Å². The summed E-state index contributed by atoms with van der Waals surface area (Å²) in [5.41, 5.74) is 2.13. The van der Waals surface area contributed by atoms with E-state index < -0.39 is 12.1 Å². The van der Waals surface area contributed by atoms with Crippen LogP contribution in [0, 0.1) is 0 Å². The van der Waals surface area contributed by atoms with Crippen molar-refractivity contribution in [1.82, 2.24) is 10.2 Å². The van der Waals surface area contributed by atoms with E-state index in [1.807, 2.05) is 43.3 Å². The second-order valence-electron chi connectivity index (χ2n) is 6.17. The molecule has 1 atom stereocenters. The van der Waals surface area contributed by atoms with E-state index in [-0.39, 0.29) is 5.89 Å². The van der Waals surface area contributed by atoms with Crippen molar-refractivity contribution in [2.45, 2.75) is 13.0 Å². The molecule has 7 heteroatoms. The summed E-state index contributed by atoms with van der Waals surface area (Å²) in [6.45, 7) is 1.69. The average molecular weight is 367 g/mol. The molecule has 140 valence electrons. The molecule has 0 bridgehead atoms. The zero-order valence-corrected chi connectivity index (χ0v) is 15.7. The quantitative estimate of drug-likeness (QED) is 0.614. The number of nitrogens with zero attached hydrogens (tertiary/aromatic N) is 3. The van der Waals surface area contributed by atoms with Crippen molar-refractivity contribution in [2.75, 3.05) is 26.1 Å². The molecule has 0 radical (unpaired) electrons. The molecule has 0 aliphatic heterocycles. The van der Waals surface area contributed by atoms with E-state index >= 15 is 0 Å². The Bertz CT molecular complexity index is 919. The van der Waals surface area contributed by atoms with Crippen LogP contribution in [0.1, 0.15) is 29.3 Å². The van der Waals surface area contributed by atoms with E-state index in [4.69, 9.17) is 13.9 Å². The van der Waals surface area contributed by atoms with Gasteiger partial charge >= 0.3 is 5.97 Å². The Kier molecular flexibility index (Phi) is 5.40. The fraction of sp³-hybridized carbons (Fsp3) is 0.250. The average Bonchev–Trinajstić information content (AvgIpc) is 3.18. The highest BCUT2D eigenvalue weighted by Crippen LogP contribution is 2.25. The third kappa shape index (κ3) is 4.25. The van der Waals surface area contributed by atoms with E-state index in [0.717, 1.165) is 17.0 Å². The molecule has 0 amide bonds. The van der Waals surface area contributed by atoms with Gasteiger partial charge in [-0.2, -0.15) is 0 Å². The third-order valence-corrected chi connectivity index (χ3v) is 4.01. The first-order chi connectivity index (χ1) is 13.0. The van der Waals surface area contributed by atoms with Gasteiger partial charge in [-0.05, 0) is 49.4 Å². The maximum atomic E-state index is 12.4. The lowest BCUT2D eigenvalue weighted by atomic mass is 10.2. The number of anilines is 1. The van der Waals surface area contributed by atoms with Crippen LogP contribution in [0.25, 0.3) is 11.5 Å². The van der Waals surface area contributed by atoms with Crippen molar-refractivity contribution in [3.8, 4) is 17.2 Å². The molecule has 0 spiro atoms. The summed E-state index contributed by atoms with van der Waals surface area (Å²) in [4.78, 5) is 14.3. The minimum Gasteiger partial charge on any atom is -0.497 e. The fourth-order valence-electron chi connectivity index (χ4n) is 2.44. The molecular formula is C20H21N3O4. The smallest absolute Gasteiger partial charge is 0.338 e. The summed E-state index contributed by atoms with van der Waals surface area (Å²) in [5.74, 6) is 0.874. The van der Waals surface area contributed by atoms with Crippen LogP contribution in [0.15, 0.2) is 52.9 Å². The summed E-state index contributed by atoms with van der Waals surface area (Å²) < 4.78 is 16.3. The predicted molar refractivity (Wildman–Crippen MR) is 101 cm³/mol. The van der Waals surface area contributed by atoms with Crippen molar-refractivity contribution in [2.24, 2.45) is 0 Å². The maximum absolute atomic E-state index is 12.4. The van der Waals surface area contributed by atoms with E-state index in [2.05, 4.69) is 10.2 Å². The first kappa shape index (κ1) is 18.4. The summed E-state index contributed by atoms with van der Waals surface area (Å²) in [6.07, 6.45) is -0.667. The third-order valence-electron chi connectivity index (χ3n) is 4.01. The van der Waals surface area contributed by atoms with Gasteiger partial charge in [0.15, 0.2) is 6.10 Å². The summed E-state index contributed by atoms with van der Waals surface area (Å²) in [7, 11) is 5.42. The van der Waals surface area contributed by atoms with E-state index in [0.29, 0.717) is 11.5 Å². The molecule has 0 fully saturated rings. The molecule has 0 N–H and O–H groups in total. The number of carbonyl (C=O) groups is 1. The molecule has 3 rings (SSSR count). The molecule has 0 aliphatic rings. The van der Waals surface area contributed by atoms with E-state index in [1.54, 1.807) is 38.3 Å². The van der Waals surface area contributed by atoms with Crippen molar-refractivity contribution >= 4 is 11.7 Å². The first-order valence-electron chi connectivity index (χ1n) is 8.44. The van der Waals surface area contributed by atoms with Gasteiger partial charge in [-0.25, -0.2) is 4.79 Å². The second-order valence-corrected chi connectivity index (χ2v) is 6.17. The normalized spacial score (nSPS) is 11.7. The van der Waals surface area contributed by atoms with Crippen molar-refractivity contribution in [1.29, 1.82) is 0 Å². The Morgan fingerprint density at radius 2 is 1.85 bits per heavy atom. The number of aromatic nitrogens is 2. The highest BCUT2D eigenvalue weighted by atomic mass is 16.6. The Hall–Kier alpha value is -3.35. The molecule has 1 heterocycles. The zero-order chi connectivity index (χ0) is 19.4. The molecule has 0 unspecified atom stereocenters. The lowest BCUT2D eigenvalue weighted by molar-refractivity contribution is 0.0280. The molecule has 2 aromatic carbocycles. The lowest BCUT2D eigenvalue weighted by Gasteiger charge is -2.14. The largest absolute Gasteiger partial charge is 0.497 e. The fourth-order valence-corrected chi connectivity index (χ4v) is 2.44. The SMILES string of the molecule is COc1ccc(-c2nnc([C@H](C)OC(=O)c3cccc(N(C)C)c3)o2)cc1. The Morgan fingerprint density at radius 3 is 2.52 bits per heavy atom. The monoisotopic (exact) mass is 367 g/mol. The minimum absolute atomic E-state index is 0.234. The van der Waals surface area contributed by atoms with Crippen LogP contribution in [0.5, 0.6) is 5.75 Å². The van der Waals surface area contributed by atoms with Gasteiger partial charge in [-0.3, -0.25) is 0 Å². The van der Waals surface area contributed by atoms with Gasteiger partial charge < -0.3 is 18.8 Å². The lowest BCUT2D eigenvalue weighted by Crippen LogP contribution is -2.12. The van der Waals surface area contributed by atoms with Gasteiger partial charge in [-0.1, -0.05) is 6.07 Å². The summed E-state index contributed by atoms with van der Waals surface area (Å²) in [6, 6.07) is 14.5. The maximum Gasteiger partial charge on any atom is 0.338 e. The predicted octanol–water partition coefficient (Wildman–Crippen LogP) is 3.73. The number of rotatable bonds is 6. The summed E-state index contributed by atoms with van der Waals surface area (Å²) in [5, 5.41) is 8.02. The number of methoxy groups -OCH3 is 1. The van der Waals surface area contributed by atoms with Gasteiger partial charge in [0.25, 0.3) is 5.89 Å². The zero-order valence-electron chi connectivity index (χ0n) is 15.7. The minimum atomic E-state index is -0.667. The van der Waals surface area contributed by atoms with E-state index in [9.17, 15) is 4.79 Å². The van der Waals surface area contributed by atoms with Gasteiger partial charge in [0.05, 0.1) is 12.7 Å². The summed E-state index contributed by atoms with van der Waals surface area (Å²) >= 11 is 0. The number of esters is 1. The number of benzene rings is 2. The van der Waals surface area contributed by atoms with Crippen LogP contribution in [0.4, 0.5) is 5.69 Å². The van der Waals surface area contributed by atoms with Crippen molar-refractivity contribution < 1.29 is 18.7 Å². The molecule has 0 aliphatic carbocycles. The molecule has 3 aromatic rings. The standard InChI is InChI=1S/C20H21N3O4/c1-13(26-20(24)15-6-5-7-16(12-15)23(2)3)18-21-22-19(27-18)14-8-10-17(25-4)11-9-14/h5-13H,1-4H3/t13-/m0/s1. The topological polar surface area (TPSA) is 77.7 Å². The number of carbonyl (C=O) groups excluding carboxylic acids is 1. The molecule has 27 heavy (non-hydrogen) atoms. The number of hydrogen-bond acceptors (Lipinski definition) is 7. The molecule has 1 aromatic heterocycles. The Morgan fingerprint density at radius 1 is 1.11 bits per heavy atom. The van der Waals surface area contributed by atoms with Crippen LogP contribution in [-0.4, -0.2) is 37.4 Å². The molecular weight excluding hydrogens is 346 g/mol. The number of hydrogen-bond donors (Lipinski definition) is 0. The first-order valence-corrected chi connectivity index (χ1v) is 8.44. The number of ether oxygens (including phenoxy) is 2. The molecule has 7 nitrogen and oxygen atoms in total. The Balaban J connectivity index is 1.71. The molecule has 0 saturated carbocycles. The second kappa shape index (κ2) is 7.90. The van der Waals surface area contributed by atoms with Gasteiger partial charge in [0.2, 0.25) is 5.89 Å². The van der Waals surface area contributed by atoms with Crippen molar-refractivity contribution in [3.63, 3.8) is 0 Å². The van der Waals surface area contributed by atoms with Gasteiger partial charge in [0.1, 0.15) is 5.75 Å². The van der Waals surface area contributed by atoms with Crippen LogP contribution in [0.3, 0.4) is 0 Å². The van der Waals surface area contributed by atoms with Crippen LogP contribution in [-0.2, 0) is 4.74 Å².